The van der Waals surface area contributed by atoms with Crippen LogP contribution in [-0.4, -0.2) is 13.4 Å². The second kappa shape index (κ2) is 5.08. The third kappa shape index (κ3) is 2.30. The molecular weight excluding hydrogens is 228 g/mol. The molecular formula is C15H16O3. The molecule has 0 aliphatic carbocycles. The number of carbonyl (C=O) groups is 1. The number of rotatable bonds is 4. The van der Waals surface area contributed by atoms with Gasteiger partial charge in [-0.15, -0.1) is 0 Å². The van der Waals surface area contributed by atoms with Crippen molar-refractivity contribution in [2.75, 3.05) is 7.11 Å². The third-order valence-electron chi connectivity index (χ3n) is 3.23. The molecule has 0 radical (unpaired) electrons. The van der Waals surface area contributed by atoms with Crippen LogP contribution in [0.1, 0.15) is 33.0 Å². The SMILES string of the molecule is COc1ccc(Cc2ccc(C=O)o2)c(C)c1C. The van der Waals surface area contributed by atoms with Crippen molar-refractivity contribution in [1.29, 1.82) is 0 Å². The van der Waals surface area contributed by atoms with Crippen molar-refractivity contribution in [1.82, 2.24) is 0 Å². The molecule has 1 aromatic carbocycles. The Labute approximate surface area is 106 Å². The largest absolute Gasteiger partial charge is 0.496 e. The highest BCUT2D eigenvalue weighted by atomic mass is 16.5. The van der Waals surface area contributed by atoms with Gasteiger partial charge in [0, 0.05) is 6.42 Å². The molecule has 94 valence electrons. The van der Waals surface area contributed by atoms with Gasteiger partial charge in [-0.25, -0.2) is 0 Å². The van der Waals surface area contributed by atoms with E-state index in [0.29, 0.717) is 12.2 Å². The Kier molecular flexibility index (Phi) is 3.51. The number of benzene rings is 1. The summed E-state index contributed by atoms with van der Waals surface area (Å²) in [6, 6.07) is 7.52. The fourth-order valence-corrected chi connectivity index (χ4v) is 2.01. The van der Waals surface area contributed by atoms with Crippen LogP contribution in [0, 0.1) is 13.8 Å². The molecule has 0 atom stereocenters. The number of methoxy groups -OCH3 is 1. The maximum atomic E-state index is 10.6. The number of carbonyl (C=O) groups excluding carboxylic acids is 1. The summed E-state index contributed by atoms with van der Waals surface area (Å²) in [5, 5.41) is 0. The zero-order valence-corrected chi connectivity index (χ0v) is 10.8. The average Bonchev–Trinajstić information content (AvgIpc) is 2.83. The van der Waals surface area contributed by atoms with Crippen molar-refractivity contribution in [3.8, 4) is 5.75 Å². The molecule has 0 bridgehead atoms. The molecule has 3 nitrogen and oxygen atoms in total. The van der Waals surface area contributed by atoms with Gasteiger partial charge >= 0.3 is 0 Å². The minimum Gasteiger partial charge on any atom is -0.496 e. The lowest BCUT2D eigenvalue weighted by Crippen LogP contribution is -1.96. The lowest BCUT2D eigenvalue weighted by Gasteiger charge is -2.11. The van der Waals surface area contributed by atoms with Crippen molar-refractivity contribution in [2.24, 2.45) is 0 Å². The molecule has 1 heterocycles. The molecule has 0 unspecified atom stereocenters. The van der Waals surface area contributed by atoms with E-state index in [2.05, 4.69) is 6.92 Å². The lowest BCUT2D eigenvalue weighted by atomic mass is 9.99. The van der Waals surface area contributed by atoms with E-state index in [1.807, 2.05) is 25.1 Å². The fourth-order valence-electron chi connectivity index (χ4n) is 2.01. The normalized spacial score (nSPS) is 10.4. The van der Waals surface area contributed by atoms with Gasteiger partial charge in [-0.1, -0.05) is 6.07 Å². The van der Waals surface area contributed by atoms with Crippen molar-refractivity contribution < 1.29 is 13.9 Å². The first-order chi connectivity index (χ1) is 8.65. The van der Waals surface area contributed by atoms with Crippen LogP contribution in [0.3, 0.4) is 0 Å². The number of ether oxygens (including phenoxy) is 1. The van der Waals surface area contributed by atoms with E-state index in [4.69, 9.17) is 9.15 Å². The van der Waals surface area contributed by atoms with Crippen LogP contribution in [0.5, 0.6) is 5.75 Å². The first-order valence-electron chi connectivity index (χ1n) is 5.82. The van der Waals surface area contributed by atoms with Gasteiger partial charge in [0.15, 0.2) is 12.0 Å². The molecule has 18 heavy (non-hydrogen) atoms. The molecule has 2 rings (SSSR count). The van der Waals surface area contributed by atoms with E-state index < -0.39 is 0 Å². The van der Waals surface area contributed by atoms with Crippen molar-refractivity contribution in [2.45, 2.75) is 20.3 Å². The van der Waals surface area contributed by atoms with Crippen LogP contribution in [-0.2, 0) is 6.42 Å². The summed E-state index contributed by atoms with van der Waals surface area (Å²) >= 11 is 0. The Morgan fingerprint density at radius 3 is 2.56 bits per heavy atom. The summed E-state index contributed by atoms with van der Waals surface area (Å²) in [6.07, 6.45) is 1.40. The predicted molar refractivity (Wildman–Crippen MR) is 69.4 cm³/mol. The molecule has 0 amide bonds. The highest BCUT2D eigenvalue weighted by molar-refractivity contribution is 5.70. The van der Waals surface area contributed by atoms with Crippen molar-refractivity contribution >= 4 is 6.29 Å². The monoisotopic (exact) mass is 244 g/mol. The zero-order chi connectivity index (χ0) is 13.1. The van der Waals surface area contributed by atoms with Gasteiger partial charge in [0.25, 0.3) is 0 Å². The summed E-state index contributed by atoms with van der Waals surface area (Å²) in [5.41, 5.74) is 3.51. The van der Waals surface area contributed by atoms with E-state index in [0.717, 1.165) is 23.4 Å². The maximum Gasteiger partial charge on any atom is 0.185 e. The second-order valence-corrected chi connectivity index (χ2v) is 4.28. The van der Waals surface area contributed by atoms with Crippen molar-refractivity contribution in [3.05, 3.63) is 52.5 Å². The number of furan rings is 1. The molecule has 0 aliphatic heterocycles. The highest BCUT2D eigenvalue weighted by Crippen LogP contribution is 2.25. The molecule has 0 N–H and O–H groups in total. The molecule has 0 saturated heterocycles. The van der Waals surface area contributed by atoms with E-state index in [1.54, 1.807) is 13.2 Å². The zero-order valence-electron chi connectivity index (χ0n) is 10.8. The molecule has 0 saturated carbocycles. The first-order valence-corrected chi connectivity index (χ1v) is 5.82. The fraction of sp³-hybridized carbons (Fsp3) is 0.267. The summed E-state index contributed by atoms with van der Waals surface area (Å²) in [4.78, 5) is 10.6. The van der Waals surface area contributed by atoms with Gasteiger partial charge in [0.2, 0.25) is 0 Å². The van der Waals surface area contributed by atoms with Gasteiger partial charge in [0.05, 0.1) is 7.11 Å². The van der Waals surface area contributed by atoms with Gasteiger partial charge in [-0.2, -0.15) is 0 Å². The number of hydrogen-bond acceptors (Lipinski definition) is 3. The number of aldehydes is 1. The van der Waals surface area contributed by atoms with Gasteiger partial charge in [-0.3, -0.25) is 4.79 Å². The highest BCUT2D eigenvalue weighted by Gasteiger charge is 2.09. The molecule has 1 aromatic heterocycles. The van der Waals surface area contributed by atoms with Crippen LogP contribution in [0.15, 0.2) is 28.7 Å². The van der Waals surface area contributed by atoms with Crippen LogP contribution >= 0.6 is 0 Å². The molecule has 2 aromatic rings. The van der Waals surface area contributed by atoms with E-state index in [9.17, 15) is 4.79 Å². The number of hydrogen-bond donors (Lipinski definition) is 0. The second-order valence-electron chi connectivity index (χ2n) is 4.28. The van der Waals surface area contributed by atoms with Gasteiger partial charge in [0.1, 0.15) is 11.5 Å². The van der Waals surface area contributed by atoms with Crippen LogP contribution in [0.4, 0.5) is 0 Å². The van der Waals surface area contributed by atoms with Gasteiger partial charge < -0.3 is 9.15 Å². The Balaban J connectivity index is 2.29. The summed E-state index contributed by atoms with van der Waals surface area (Å²) < 4.78 is 10.7. The summed E-state index contributed by atoms with van der Waals surface area (Å²) in [7, 11) is 1.67. The van der Waals surface area contributed by atoms with Crippen LogP contribution in [0.25, 0.3) is 0 Å². The first kappa shape index (κ1) is 12.4. The minimum atomic E-state index is 0.368. The van der Waals surface area contributed by atoms with Crippen LogP contribution < -0.4 is 4.74 Å². The van der Waals surface area contributed by atoms with E-state index in [1.165, 1.54) is 11.1 Å². The molecule has 3 heteroatoms. The molecule has 0 aliphatic rings. The minimum absolute atomic E-state index is 0.368. The topological polar surface area (TPSA) is 39.4 Å². The molecule has 0 fully saturated rings. The van der Waals surface area contributed by atoms with E-state index in [-0.39, 0.29) is 0 Å². The lowest BCUT2D eigenvalue weighted by molar-refractivity contribution is 0.109. The molecule has 0 spiro atoms. The maximum absolute atomic E-state index is 10.6. The third-order valence-corrected chi connectivity index (χ3v) is 3.23. The van der Waals surface area contributed by atoms with Crippen molar-refractivity contribution in [3.63, 3.8) is 0 Å². The standard InChI is InChI=1S/C15H16O3/c1-10-11(2)15(17-3)7-4-12(10)8-13-5-6-14(9-16)18-13/h4-7,9H,8H2,1-3H3. The van der Waals surface area contributed by atoms with Crippen LogP contribution in [0.2, 0.25) is 0 Å². The van der Waals surface area contributed by atoms with E-state index >= 15 is 0 Å². The quantitative estimate of drug-likeness (QED) is 0.774. The Morgan fingerprint density at radius 1 is 1.17 bits per heavy atom. The summed E-state index contributed by atoms with van der Waals surface area (Å²) in [6.45, 7) is 4.10. The Hall–Kier alpha value is -2.03. The average molecular weight is 244 g/mol. The Morgan fingerprint density at radius 2 is 1.94 bits per heavy atom. The Bertz CT molecular complexity index is 567. The summed E-state index contributed by atoms with van der Waals surface area (Å²) in [5.74, 6) is 2.06. The van der Waals surface area contributed by atoms with Gasteiger partial charge in [-0.05, 0) is 48.7 Å². The predicted octanol–water partition coefficient (Wildman–Crippen LogP) is 3.31. The smallest absolute Gasteiger partial charge is 0.185 e.